The molecule has 0 atom stereocenters. The summed E-state index contributed by atoms with van der Waals surface area (Å²) in [5.41, 5.74) is 2.01. The fraction of sp³-hybridized carbons (Fsp3) is 0.333. The molecule has 0 unspecified atom stereocenters. The fourth-order valence-corrected chi connectivity index (χ4v) is 3.24. The normalized spacial score (nSPS) is 10.5. The van der Waals surface area contributed by atoms with Crippen LogP contribution in [0.15, 0.2) is 35.7 Å². The molecule has 1 aromatic heterocycles. The molecule has 2 rings (SSSR count). The summed E-state index contributed by atoms with van der Waals surface area (Å²) < 4.78 is 5.16. The summed E-state index contributed by atoms with van der Waals surface area (Å²) in [6.45, 7) is 2.75. The fourth-order valence-electron chi connectivity index (χ4n) is 2.26. The van der Waals surface area contributed by atoms with Gasteiger partial charge in [0.05, 0.1) is 13.2 Å². The lowest BCUT2D eigenvalue weighted by molar-refractivity contribution is -0.115. The maximum atomic E-state index is 12.4. The number of esters is 1. The van der Waals surface area contributed by atoms with E-state index >= 15 is 0 Å². The molecule has 134 valence electrons. The van der Waals surface area contributed by atoms with Gasteiger partial charge in [-0.1, -0.05) is 30.3 Å². The van der Waals surface area contributed by atoms with Gasteiger partial charge >= 0.3 is 5.97 Å². The van der Waals surface area contributed by atoms with Gasteiger partial charge in [-0.2, -0.15) is 0 Å². The first-order chi connectivity index (χ1) is 12.2. The number of hydrogen-bond acceptors (Lipinski definition) is 6. The minimum absolute atomic E-state index is 0.0764. The highest BCUT2D eigenvalue weighted by Gasteiger charge is 2.22. The Bertz CT molecular complexity index is 700. The van der Waals surface area contributed by atoms with E-state index in [9.17, 15) is 9.59 Å². The lowest BCUT2D eigenvalue weighted by Gasteiger charge is -2.09. The van der Waals surface area contributed by atoms with Crippen LogP contribution in [0.5, 0.6) is 0 Å². The summed E-state index contributed by atoms with van der Waals surface area (Å²) >= 11 is 1.30. The summed E-state index contributed by atoms with van der Waals surface area (Å²) in [4.78, 5) is 24.5. The molecule has 1 aromatic carbocycles. The molecule has 0 saturated carbocycles. The molecule has 0 aliphatic rings. The van der Waals surface area contributed by atoms with Gasteiger partial charge in [-0.05, 0) is 25.5 Å². The largest absolute Gasteiger partial charge is 0.462 e. The van der Waals surface area contributed by atoms with E-state index < -0.39 is 5.97 Å². The van der Waals surface area contributed by atoms with E-state index in [0.29, 0.717) is 23.5 Å². The number of benzene rings is 1. The number of aliphatic hydroxyl groups excluding tert-OH is 1. The summed E-state index contributed by atoms with van der Waals surface area (Å²) in [6.07, 6.45) is 0.582. The molecule has 0 aliphatic heterocycles. The molecule has 0 aliphatic carbocycles. The van der Waals surface area contributed by atoms with Gasteiger partial charge in [-0.15, -0.1) is 11.3 Å². The van der Waals surface area contributed by atoms with Gasteiger partial charge < -0.3 is 20.5 Å². The highest BCUT2D eigenvalue weighted by atomic mass is 32.1. The summed E-state index contributed by atoms with van der Waals surface area (Å²) in [5.74, 6) is -0.698. The van der Waals surface area contributed by atoms with Crippen LogP contribution < -0.4 is 10.6 Å². The molecule has 0 spiro atoms. The maximum absolute atomic E-state index is 12.4. The average molecular weight is 362 g/mol. The molecule has 7 heteroatoms. The number of hydrogen-bond donors (Lipinski definition) is 3. The molecule has 0 radical (unpaired) electrons. The number of thiophene rings is 1. The van der Waals surface area contributed by atoms with Gasteiger partial charge in [0.1, 0.15) is 10.6 Å². The first-order valence-corrected chi connectivity index (χ1v) is 9.00. The van der Waals surface area contributed by atoms with Crippen molar-refractivity contribution < 1.29 is 19.4 Å². The maximum Gasteiger partial charge on any atom is 0.341 e. The van der Waals surface area contributed by atoms with E-state index in [-0.39, 0.29) is 25.7 Å². The molecule has 1 heterocycles. The highest BCUT2D eigenvalue weighted by molar-refractivity contribution is 7.15. The van der Waals surface area contributed by atoms with E-state index in [4.69, 9.17) is 9.84 Å². The van der Waals surface area contributed by atoms with Gasteiger partial charge in [0.15, 0.2) is 0 Å². The second-order valence-corrected chi connectivity index (χ2v) is 6.12. The van der Waals surface area contributed by atoms with E-state index in [1.807, 2.05) is 35.7 Å². The van der Waals surface area contributed by atoms with Crippen LogP contribution in [-0.2, 0) is 9.53 Å². The predicted molar refractivity (Wildman–Crippen MR) is 98.9 cm³/mol. The zero-order valence-electron chi connectivity index (χ0n) is 14.1. The van der Waals surface area contributed by atoms with E-state index in [1.165, 1.54) is 11.3 Å². The molecule has 6 nitrogen and oxygen atoms in total. The smallest absolute Gasteiger partial charge is 0.341 e. The van der Waals surface area contributed by atoms with Gasteiger partial charge in [-0.25, -0.2) is 4.79 Å². The first kappa shape index (κ1) is 19.1. The number of ether oxygens (including phenoxy) is 1. The topological polar surface area (TPSA) is 87.7 Å². The van der Waals surface area contributed by atoms with Gasteiger partial charge in [0.2, 0.25) is 5.91 Å². The number of carbonyl (C=O) groups excluding carboxylic acids is 2. The van der Waals surface area contributed by atoms with Crippen LogP contribution in [-0.4, -0.2) is 43.3 Å². The minimum atomic E-state index is -0.453. The lowest BCUT2D eigenvalue weighted by atomic mass is 10.0. The molecule has 2 aromatic rings. The van der Waals surface area contributed by atoms with Crippen LogP contribution in [0, 0.1) is 0 Å². The molecule has 0 fully saturated rings. The van der Waals surface area contributed by atoms with Gasteiger partial charge in [-0.3, -0.25) is 4.79 Å². The van der Waals surface area contributed by atoms with Crippen LogP contribution in [0.2, 0.25) is 0 Å². The van der Waals surface area contributed by atoms with Crippen molar-refractivity contribution in [1.82, 2.24) is 5.32 Å². The third kappa shape index (κ3) is 5.38. The first-order valence-electron chi connectivity index (χ1n) is 8.12. The van der Waals surface area contributed by atoms with E-state index in [0.717, 1.165) is 11.1 Å². The summed E-state index contributed by atoms with van der Waals surface area (Å²) in [5, 5.41) is 16.8. The third-order valence-corrected chi connectivity index (χ3v) is 4.30. The second kappa shape index (κ2) is 9.93. The monoisotopic (exact) mass is 362 g/mol. The zero-order valence-corrected chi connectivity index (χ0v) is 14.9. The van der Waals surface area contributed by atoms with Crippen molar-refractivity contribution in [1.29, 1.82) is 0 Å². The summed E-state index contributed by atoms with van der Waals surface area (Å²) in [7, 11) is 0. The highest BCUT2D eigenvalue weighted by Crippen LogP contribution is 2.36. The van der Waals surface area contributed by atoms with E-state index in [2.05, 4.69) is 10.6 Å². The Kier molecular flexibility index (Phi) is 7.59. The SMILES string of the molecule is CCOC(=O)c1c(-c2ccccc2)csc1NC(=O)CNCCCO. The molecule has 25 heavy (non-hydrogen) atoms. The van der Waals surface area contributed by atoms with Crippen molar-refractivity contribution in [3.8, 4) is 11.1 Å². The van der Waals surface area contributed by atoms with Gasteiger partial charge in [0, 0.05) is 17.6 Å². The van der Waals surface area contributed by atoms with Crippen molar-refractivity contribution in [3.05, 3.63) is 41.3 Å². The average Bonchev–Trinajstić information content (AvgIpc) is 3.03. The third-order valence-electron chi connectivity index (χ3n) is 3.41. The Labute approximate surface area is 150 Å². The van der Waals surface area contributed by atoms with Crippen molar-refractivity contribution in [2.45, 2.75) is 13.3 Å². The number of aliphatic hydroxyl groups is 1. The Morgan fingerprint density at radius 2 is 2.00 bits per heavy atom. The van der Waals surface area contributed by atoms with Crippen molar-refractivity contribution in [2.75, 3.05) is 31.6 Å². The standard InChI is InChI=1S/C18H22N2O4S/c1-2-24-18(23)16-14(13-7-4-3-5-8-13)12-25-17(16)20-15(22)11-19-9-6-10-21/h3-5,7-8,12,19,21H,2,6,9-11H2,1H3,(H,20,22). The van der Waals surface area contributed by atoms with E-state index in [1.54, 1.807) is 6.92 Å². The molecular weight excluding hydrogens is 340 g/mol. The van der Waals surface area contributed by atoms with Crippen LogP contribution in [0.1, 0.15) is 23.7 Å². The number of amides is 1. The summed E-state index contributed by atoms with van der Waals surface area (Å²) in [6, 6.07) is 9.51. The number of rotatable bonds is 9. The van der Waals surface area contributed by atoms with Crippen molar-refractivity contribution >= 4 is 28.2 Å². The number of nitrogens with one attached hydrogen (secondary N) is 2. The van der Waals surface area contributed by atoms with Crippen LogP contribution >= 0.6 is 11.3 Å². The minimum Gasteiger partial charge on any atom is -0.462 e. The molecule has 0 saturated heterocycles. The molecule has 0 bridgehead atoms. The quantitative estimate of drug-likeness (QED) is 0.471. The van der Waals surface area contributed by atoms with Crippen molar-refractivity contribution in [2.24, 2.45) is 0 Å². The predicted octanol–water partition coefficient (Wildman–Crippen LogP) is 2.50. The molecule has 1 amide bonds. The number of anilines is 1. The van der Waals surface area contributed by atoms with Gasteiger partial charge in [0.25, 0.3) is 0 Å². The second-order valence-electron chi connectivity index (χ2n) is 5.24. The van der Waals surface area contributed by atoms with Crippen LogP contribution in [0.25, 0.3) is 11.1 Å². The molecular formula is C18H22N2O4S. The van der Waals surface area contributed by atoms with Crippen LogP contribution in [0.3, 0.4) is 0 Å². The van der Waals surface area contributed by atoms with Crippen LogP contribution in [0.4, 0.5) is 5.00 Å². The number of carbonyl (C=O) groups is 2. The zero-order chi connectivity index (χ0) is 18.1. The molecule has 3 N–H and O–H groups in total. The Hall–Kier alpha value is -2.22. The Morgan fingerprint density at radius 3 is 2.68 bits per heavy atom. The lowest BCUT2D eigenvalue weighted by Crippen LogP contribution is -2.29. The Balaban J connectivity index is 2.19. The van der Waals surface area contributed by atoms with Crippen molar-refractivity contribution in [3.63, 3.8) is 0 Å². The Morgan fingerprint density at radius 1 is 1.24 bits per heavy atom.